The molecule has 0 bridgehead atoms. The molecule has 0 spiro atoms. The third-order valence-corrected chi connectivity index (χ3v) is 6.10. The van der Waals surface area contributed by atoms with Crippen molar-refractivity contribution in [3.8, 4) is 5.75 Å². The zero-order valence-electron chi connectivity index (χ0n) is 16.3. The van der Waals surface area contributed by atoms with Gasteiger partial charge in [-0.2, -0.15) is 0 Å². The van der Waals surface area contributed by atoms with Gasteiger partial charge in [0.05, 0.1) is 11.2 Å². The molecule has 0 aliphatic heterocycles. The van der Waals surface area contributed by atoms with E-state index in [0.717, 1.165) is 11.8 Å². The van der Waals surface area contributed by atoms with E-state index in [9.17, 15) is 16.8 Å². The lowest BCUT2D eigenvalue weighted by Crippen LogP contribution is -2.23. The van der Waals surface area contributed by atoms with Crippen LogP contribution in [-0.4, -0.2) is 23.1 Å². The van der Waals surface area contributed by atoms with E-state index < -0.39 is 20.0 Å². The molecule has 30 heavy (non-hydrogen) atoms. The fourth-order valence-corrected chi connectivity index (χ4v) is 4.25. The van der Waals surface area contributed by atoms with Gasteiger partial charge in [0.2, 0.25) is 20.0 Å². The van der Waals surface area contributed by atoms with Gasteiger partial charge in [-0.3, -0.25) is 4.72 Å². The van der Waals surface area contributed by atoms with Crippen LogP contribution in [-0.2, 0) is 33.2 Å². The number of nitrogens with one attached hydrogen (secondary N) is 2. The van der Waals surface area contributed by atoms with Crippen molar-refractivity contribution in [1.29, 1.82) is 0 Å². The van der Waals surface area contributed by atoms with E-state index in [-0.39, 0.29) is 11.4 Å². The maximum atomic E-state index is 12.5. The molecule has 0 saturated carbocycles. The van der Waals surface area contributed by atoms with Crippen molar-refractivity contribution >= 4 is 25.7 Å². The van der Waals surface area contributed by atoms with Crippen LogP contribution < -0.4 is 14.2 Å². The highest BCUT2D eigenvalue weighted by atomic mass is 32.2. The van der Waals surface area contributed by atoms with Crippen LogP contribution in [0.1, 0.15) is 11.1 Å². The van der Waals surface area contributed by atoms with Crippen molar-refractivity contribution in [1.82, 2.24) is 4.72 Å². The Hall–Kier alpha value is -2.88. The molecule has 7 nitrogen and oxygen atoms in total. The minimum absolute atomic E-state index is 0.0217. The summed E-state index contributed by atoms with van der Waals surface area (Å²) in [5.41, 5.74) is 2.01. The topological polar surface area (TPSA) is 102 Å². The van der Waals surface area contributed by atoms with Gasteiger partial charge in [0.15, 0.2) is 0 Å². The monoisotopic (exact) mass is 446 g/mol. The lowest BCUT2D eigenvalue weighted by molar-refractivity contribution is 0.306. The number of hydrogen-bond donors (Lipinski definition) is 2. The van der Waals surface area contributed by atoms with Gasteiger partial charge < -0.3 is 4.74 Å². The standard InChI is InChI=1S/C21H22N2O5S2/c1-29(24,25)23-19-9-5-8-18(14-19)15-22-30(26,27)21-12-10-20(11-13-21)28-16-17-6-3-2-4-7-17/h2-14,22-23H,15-16H2,1H3. The Labute approximate surface area is 176 Å². The van der Waals surface area contributed by atoms with Crippen LogP contribution in [0.2, 0.25) is 0 Å². The van der Waals surface area contributed by atoms with Crippen molar-refractivity contribution < 1.29 is 21.6 Å². The van der Waals surface area contributed by atoms with Crippen LogP contribution in [0, 0.1) is 0 Å². The molecule has 3 aromatic carbocycles. The maximum absolute atomic E-state index is 12.5. The van der Waals surface area contributed by atoms with Crippen LogP contribution in [0.25, 0.3) is 0 Å². The average Bonchev–Trinajstić information content (AvgIpc) is 2.71. The maximum Gasteiger partial charge on any atom is 0.240 e. The van der Waals surface area contributed by atoms with Gasteiger partial charge in [-0.25, -0.2) is 21.6 Å². The minimum atomic E-state index is -3.73. The second-order valence-electron chi connectivity index (χ2n) is 6.64. The SMILES string of the molecule is CS(=O)(=O)Nc1cccc(CNS(=O)(=O)c2ccc(OCc3ccccc3)cc2)c1. The first-order valence-corrected chi connectivity index (χ1v) is 12.4. The van der Waals surface area contributed by atoms with Gasteiger partial charge in [-0.15, -0.1) is 0 Å². The van der Waals surface area contributed by atoms with Gasteiger partial charge in [0.1, 0.15) is 12.4 Å². The predicted octanol–water partition coefficient (Wildman–Crippen LogP) is 3.12. The van der Waals surface area contributed by atoms with Crippen molar-refractivity contribution in [3.63, 3.8) is 0 Å². The molecule has 0 amide bonds. The molecule has 0 fully saturated rings. The first-order valence-electron chi connectivity index (χ1n) is 9.04. The molecule has 3 aromatic rings. The van der Waals surface area contributed by atoms with Crippen molar-refractivity contribution in [3.05, 3.63) is 90.0 Å². The van der Waals surface area contributed by atoms with E-state index in [1.807, 2.05) is 30.3 Å². The van der Waals surface area contributed by atoms with Crippen molar-refractivity contribution in [2.45, 2.75) is 18.0 Å². The lowest BCUT2D eigenvalue weighted by atomic mass is 10.2. The second-order valence-corrected chi connectivity index (χ2v) is 10.2. The molecule has 2 N–H and O–H groups in total. The number of ether oxygens (including phenoxy) is 1. The summed E-state index contributed by atoms with van der Waals surface area (Å²) in [6, 6.07) is 22.3. The van der Waals surface area contributed by atoms with E-state index in [0.29, 0.717) is 23.6 Å². The van der Waals surface area contributed by atoms with Crippen LogP contribution >= 0.6 is 0 Å². The van der Waals surface area contributed by atoms with Crippen LogP contribution in [0.4, 0.5) is 5.69 Å². The fourth-order valence-electron chi connectivity index (χ4n) is 2.68. The Morgan fingerprint density at radius 3 is 2.13 bits per heavy atom. The van der Waals surface area contributed by atoms with E-state index in [1.165, 1.54) is 12.1 Å². The molecule has 9 heteroatoms. The molecule has 3 rings (SSSR count). The molecule has 0 aliphatic carbocycles. The highest BCUT2D eigenvalue weighted by Gasteiger charge is 2.14. The Morgan fingerprint density at radius 2 is 1.47 bits per heavy atom. The number of anilines is 1. The molecule has 0 radical (unpaired) electrons. The quantitative estimate of drug-likeness (QED) is 0.526. The smallest absolute Gasteiger partial charge is 0.240 e. The van der Waals surface area contributed by atoms with Gasteiger partial charge >= 0.3 is 0 Å². The van der Waals surface area contributed by atoms with E-state index >= 15 is 0 Å². The highest BCUT2D eigenvalue weighted by molar-refractivity contribution is 7.92. The van der Waals surface area contributed by atoms with Crippen LogP contribution in [0.5, 0.6) is 5.75 Å². The molecule has 0 aliphatic rings. The zero-order chi connectivity index (χ0) is 21.6. The molecule has 158 valence electrons. The number of benzene rings is 3. The highest BCUT2D eigenvalue weighted by Crippen LogP contribution is 2.18. The second kappa shape index (κ2) is 9.29. The number of rotatable bonds is 9. The van der Waals surface area contributed by atoms with Crippen molar-refractivity contribution in [2.24, 2.45) is 0 Å². The molecule has 0 aromatic heterocycles. The third kappa shape index (κ3) is 6.58. The molecular formula is C21H22N2O5S2. The summed E-state index contributed by atoms with van der Waals surface area (Å²) in [4.78, 5) is 0.111. The van der Waals surface area contributed by atoms with Gasteiger partial charge in [0, 0.05) is 12.2 Å². The summed E-state index contributed by atoms with van der Waals surface area (Å²) in [5, 5.41) is 0. The summed E-state index contributed by atoms with van der Waals surface area (Å²) in [6.07, 6.45) is 1.05. The number of hydrogen-bond acceptors (Lipinski definition) is 5. The summed E-state index contributed by atoms with van der Waals surface area (Å²) in [5.74, 6) is 0.567. The predicted molar refractivity (Wildman–Crippen MR) is 116 cm³/mol. The first kappa shape index (κ1) is 21.8. The molecule has 0 saturated heterocycles. The van der Waals surface area contributed by atoms with Crippen LogP contribution in [0.3, 0.4) is 0 Å². The van der Waals surface area contributed by atoms with E-state index in [4.69, 9.17) is 4.74 Å². The summed E-state index contributed by atoms with van der Waals surface area (Å²) in [6.45, 7) is 0.414. The normalized spacial score (nSPS) is 11.8. The Morgan fingerprint density at radius 1 is 0.800 bits per heavy atom. The summed E-state index contributed by atoms with van der Waals surface area (Å²) >= 11 is 0. The Kier molecular flexibility index (Phi) is 6.76. The van der Waals surface area contributed by atoms with Gasteiger partial charge in [-0.05, 0) is 47.5 Å². The van der Waals surface area contributed by atoms with Crippen molar-refractivity contribution in [2.75, 3.05) is 11.0 Å². The minimum Gasteiger partial charge on any atom is -0.489 e. The molecule has 0 atom stereocenters. The zero-order valence-corrected chi connectivity index (χ0v) is 17.9. The van der Waals surface area contributed by atoms with E-state index in [1.54, 1.807) is 36.4 Å². The Bertz CT molecular complexity index is 1190. The summed E-state index contributed by atoms with van der Waals surface area (Å²) in [7, 11) is -7.14. The van der Waals surface area contributed by atoms with Gasteiger partial charge in [-0.1, -0.05) is 42.5 Å². The molecular weight excluding hydrogens is 424 g/mol. The third-order valence-electron chi connectivity index (χ3n) is 4.08. The van der Waals surface area contributed by atoms with Gasteiger partial charge in [0.25, 0.3) is 0 Å². The number of sulfonamides is 2. The average molecular weight is 447 g/mol. The first-order chi connectivity index (χ1) is 14.2. The van der Waals surface area contributed by atoms with Crippen LogP contribution in [0.15, 0.2) is 83.8 Å². The molecule has 0 unspecified atom stereocenters. The fraction of sp³-hybridized carbons (Fsp3) is 0.143. The molecule has 0 heterocycles. The summed E-state index contributed by atoms with van der Waals surface area (Å²) < 4.78 is 58.3. The lowest BCUT2D eigenvalue weighted by Gasteiger charge is -2.10. The largest absolute Gasteiger partial charge is 0.489 e. The Balaban J connectivity index is 1.61. The van der Waals surface area contributed by atoms with E-state index in [2.05, 4.69) is 9.44 Å².